The molecule has 2 aromatic carbocycles. The minimum absolute atomic E-state index is 0.629. The Balaban J connectivity index is 1.92. The summed E-state index contributed by atoms with van der Waals surface area (Å²) in [7, 11) is 2.29. The molecular formula is C23H28NO+. The van der Waals surface area contributed by atoms with Crippen LogP contribution in [0.1, 0.15) is 37.3 Å². The van der Waals surface area contributed by atoms with E-state index in [0.29, 0.717) is 6.04 Å². The minimum Gasteiger partial charge on any atom is -0.369 e. The monoisotopic (exact) mass is 334 g/mol. The number of piperidine rings is 1. The highest BCUT2D eigenvalue weighted by Crippen LogP contribution is 2.29. The van der Waals surface area contributed by atoms with Crippen molar-refractivity contribution in [1.82, 2.24) is 0 Å². The van der Waals surface area contributed by atoms with Crippen LogP contribution >= 0.6 is 0 Å². The second-order valence-corrected chi connectivity index (χ2v) is 7.45. The Bertz CT molecular complexity index is 704. The van der Waals surface area contributed by atoms with Crippen LogP contribution in [0.3, 0.4) is 0 Å². The van der Waals surface area contributed by atoms with E-state index in [4.69, 9.17) is 0 Å². The molecule has 0 spiro atoms. The molecule has 2 heteroatoms. The third kappa shape index (κ3) is 3.79. The summed E-state index contributed by atoms with van der Waals surface area (Å²) >= 11 is 0. The summed E-state index contributed by atoms with van der Waals surface area (Å²) in [4.78, 5) is 0. The van der Waals surface area contributed by atoms with Gasteiger partial charge in [-0.15, -0.1) is 0 Å². The summed E-state index contributed by atoms with van der Waals surface area (Å²) in [6.45, 7) is 4.27. The highest BCUT2D eigenvalue weighted by Gasteiger charge is 2.32. The van der Waals surface area contributed by atoms with Gasteiger partial charge in [-0.3, -0.25) is 0 Å². The standard InChI is InChI=1S/C23H28NO/c1-20-12-9-10-18-24(20,2)19-11-17-23(25,21-13-5-3-6-14-21)22-15-7-4-8-16-22/h3-8,13-16,20,25H,9-10,12,18-19H2,1-2H3/q+1/t20-,24-/m0/s1. The van der Waals surface area contributed by atoms with Crippen LogP contribution in [0.2, 0.25) is 0 Å². The van der Waals surface area contributed by atoms with E-state index in [9.17, 15) is 5.11 Å². The van der Waals surface area contributed by atoms with Crippen molar-refractivity contribution in [1.29, 1.82) is 0 Å². The smallest absolute Gasteiger partial charge is 0.177 e. The molecule has 2 nitrogen and oxygen atoms in total. The first-order valence-corrected chi connectivity index (χ1v) is 9.22. The van der Waals surface area contributed by atoms with Crippen molar-refractivity contribution in [2.45, 2.75) is 37.8 Å². The average Bonchev–Trinajstić information content (AvgIpc) is 2.65. The van der Waals surface area contributed by atoms with Crippen LogP contribution in [-0.2, 0) is 5.60 Å². The third-order valence-corrected chi connectivity index (χ3v) is 5.70. The molecule has 0 unspecified atom stereocenters. The van der Waals surface area contributed by atoms with Crippen molar-refractivity contribution in [2.75, 3.05) is 20.1 Å². The van der Waals surface area contributed by atoms with E-state index in [0.717, 1.165) is 22.2 Å². The molecule has 2 aromatic rings. The highest BCUT2D eigenvalue weighted by atomic mass is 16.3. The lowest BCUT2D eigenvalue weighted by atomic mass is 9.87. The van der Waals surface area contributed by atoms with Gasteiger partial charge in [0, 0.05) is 11.1 Å². The molecule has 0 aromatic heterocycles. The summed E-state index contributed by atoms with van der Waals surface area (Å²) in [5.74, 6) is 6.55. The summed E-state index contributed by atoms with van der Waals surface area (Å²) in [5.41, 5.74) is 0.381. The zero-order valence-electron chi connectivity index (χ0n) is 15.3. The van der Waals surface area contributed by atoms with Crippen molar-refractivity contribution in [3.8, 4) is 11.8 Å². The molecule has 1 N–H and O–H groups in total. The van der Waals surface area contributed by atoms with Crippen LogP contribution in [0.5, 0.6) is 0 Å². The van der Waals surface area contributed by atoms with Gasteiger partial charge >= 0.3 is 0 Å². The molecule has 130 valence electrons. The van der Waals surface area contributed by atoms with Crippen LogP contribution in [0.4, 0.5) is 0 Å². The van der Waals surface area contributed by atoms with Crippen molar-refractivity contribution in [3.63, 3.8) is 0 Å². The van der Waals surface area contributed by atoms with Crippen LogP contribution in [-0.4, -0.2) is 35.8 Å². The molecule has 0 radical (unpaired) electrons. The number of rotatable bonds is 3. The molecule has 0 bridgehead atoms. The van der Waals surface area contributed by atoms with Crippen LogP contribution in [0.15, 0.2) is 60.7 Å². The van der Waals surface area contributed by atoms with Gasteiger partial charge in [0.1, 0.15) is 6.54 Å². The summed E-state index contributed by atoms with van der Waals surface area (Å²) in [6.07, 6.45) is 3.85. The molecule has 0 amide bonds. The third-order valence-electron chi connectivity index (χ3n) is 5.70. The Hall–Kier alpha value is -2.08. The van der Waals surface area contributed by atoms with E-state index in [1.807, 2.05) is 60.7 Å². The molecule has 1 fully saturated rings. The maximum Gasteiger partial charge on any atom is 0.177 e. The lowest BCUT2D eigenvalue weighted by Gasteiger charge is -2.42. The Kier molecular flexibility index (Phi) is 5.27. The fraction of sp³-hybridized carbons (Fsp3) is 0.391. The Morgan fingerprint density at radius 1 is 1.00 bits per heavy atom. The first-order valence-electron chi connectivity index (χ1n) is 9.22. The predicted molar refractivity (Wildman–Crippen MR) is 103 cm³/mol. The van der Waals surface area contributed by atoms with Crippen LogP contribution < -0.4 is 0 Å². The second kappa shape index (κ2) is 7.44. The van der Waals surface area contributed by atoms with Gasteiger partial charge in [-0.05, 0) is 32.1 Å². The van der Waals surface area contributed by atoms with Gasteiger partial charge in [-0.25, -0.2) is 0 Å². The second-order valence-electron chi connectivity index (χ2n) is 7.45. The van der Waals surface area contributed by atoms with Gasteiger partial charge in [-0.2, -0.15) is 0 Å². The number of benzene rings is 2. The molecule has 3 rings (SSSR count). The number of likely N-dealkylation sites (tertiary alicyclic amines) is 1. The van der Waals surface area contributed by atoms with Gasteiger partial charge in [-0.1, -0.05) is 66.6 Å². The van der Waals surface area contributed by atoms with E-state index in [-0.39, 0.29) is 0 Å². The van der Waals surface area contributed by atoms with E-state index in [1.54, 1.807) is 0 Å². The van der Waals surface area contributed by atoms with Crippen LogP contribution in [0, 0.1) is 11.8 Å². The molecule has 0 saturated carbocycles. The fourth-order valence-corrected chi connectivity index (χ4v) is 3.70. The zero-order valence-corrected chi connectivity index (χ0v) is 15.3. The van der Waals surface area contributed by atoms with E-state index >= 15 is 0 Å². The van der Waals surface area contributed by atoms with E-state index in [1.165, 1.54) is 25.8 Å². The van der Waals surface area contributed by atoms with Crippen molar-refractivity contribution in [2.24, 2.45) is 0 Å². The van der Waals surface area contributed by atoms with Crippen molar-refractivity contribution >= 4 is 0 Å². The average molecular weight is 334 g/mol. The van der Waals surface area contributed by atoms with Gasteiger partial charge in [0.2, 0.25) is 0 Å². The lowest BCUT2D eigenvalue weighted by Crippen LogP contribution is -2.54. The Morgan fingerprint density at radius 3 is 2.08 bits per heavy atom. The minimum atomic E-state index is -1.26. The summed E-state index contributed by atoms with van der Waals surface area (Å²) in [5, 5.41) is 11.5. The normalized spacial score (nSPS) is 23.6. The summed E-state index contributed by atoms with van der Waals surface area (Å²) < 4.78 is 0.979. The van der Waals surface area contributed by atoms with Gasteiger partial charge < -0.3 is 9.59 Å². The molecule has 1 aliphatic rings. The Labute approximate surface area is 151 Å². The van der Waals surface area contributed by atoms with Crippen molar-refractivity contribution < 1.29 is 9.59 Å². The number of aliphatic hydroxyl groups is 1. The molecule has 1 saturated heterocycles. The fourth-order valence-electron chi connectivity index (χ4n) is 3.70. The molecule has 1 aliphatic heterocycles. The SMILES string of the molecule is C[C@H]1CCCC[N@@+]1(C)CC#CC(O)(c1ccccc1)c1ccccc1. The number of nitrogens with zero attached hydrogens (tertiary/aromatic N) is 1. The Morgan fingerprint density at radius 2 is 1.56 bits per heavy atom. The molecule has 2 atom stereocenters. The zero-order chi connectivity index (χ0) is 17.8. The maximum absolute atomic E-state index is 11.5. The number of hydrogen-bond donors (Lipinski definition) is 1. The van der Waals surface area contributed by atoms with Crippen LogP contribution in [0.25, 0.3) is 0 Å². The number of quaternary nitrogens is 1. The first-order chi connectivity index (χ1) is 12.0. The van der Waals surface area contributed by atoms with Gasteiger partial charge in [0.05, 0.1) is 19.6 Å². The molecule has 25 heavy (non-hydrogen) atoms. The maximum atomic E-state index is 11.5. The first kappa shape index (κ1) is 17.7. The highest BCUT2D eigenvalue weighted by molar-refractivity contribution is 5.44. The molecule has 1 heterocycles. The largest absolute Gasteiger partial charge is 0.369 e. The molecule has 0 aliphatic carbocycles. The van der Waals surface area contributed by atoms with E-state index < -0.39 is 5.60 Å². The quantitative estimate of drug-likeness (QED) is 0.666. The van der Waals surface area contributed by atoms with Gasteiger partial charge in [0.15, 0.2) is 5.60 Å². The lowest BCUT2D eigenvalue weighted by molar-refractivity contribution is -0.929. The van der Waals surface area contributed by atoms with Gasteiger partial charge in [0.25, 0.3) is 0 Å². The van der Waals surface area contributed by atoms with E-state index in [2.05, 4.69) is 25.8 Å². The predicted octanol–water partition coefficient (Wildman–Crippen LogP) is 3.94. The van der Waals surface area contributed by atoms with Crippen molar-refractivity contribution in [3.05, 3.63) is 71.8 Å². The number of hydrogen-bond acceptors (Lipinski definition) is 1. The topological polar surface area (TPSA) is 20.2 Å². The molecular weight excluding hydrogens is 306 g/mol. The summed E-state index contributed by atoms with van der Waals surface area (Å²) in [6, 6.07) is 20.1.